The van der Waals surface area contributed by atoms with E-state index in [0.29, 0.717) is 26.0 Å². The maximum absolute atomic E-state index is 11.6. The van der Waals surface area contributed by atoms with Gasteiger partial charge >= 0.3 is 0 Å². The van der Waals surface area contributed by atoms with Crippen molar-refractivity contribution in [3.8, 4) is 5.69 Å². The van der Waals surface area contributed by atoms with Crippen LogP contribution >= 0.6 is 11.3 Å². The smallest absolute Gasteiger partial charge is 0.252 e. The Morgan fingerprint density at radius 2 is 0.876 bits per heavy atom. The molecule has 0 radical (unpaired) electrons. The van der Waals surface area contributed by atoms with Crippen LogP contribution in [0.1, 0.15) is 157 Å². The quantitative estimate of drug-likeness (QED) is 0.148. The Hall–Kier alpha value is -9.30. The van der Waals surface area contributed by atoms with Crippen molar-refractivity contribution in [1.82, 2.24) is 4.57 Å². The topological polar surface area (TPSA) is 17.9 Å². The van der Waals surface area contributed by atoms with Gasteiger partial charge < -0.3 is 24.2 Å². The van der Waals surface area contributed by atoms with Crippen LogP contribution < -0.4 is 36.0 Å². The van der Waals surface area contributed by atoms with Gasteiger partial charge in [0.25, 0.3) is 6.71 Å². The van der Waals surface area contributed by atoms with Crippen molar-refractivity contribution in [1.29, 1.82) is 0 Å². The van der Waals surface area contributed by atoms with Gasteiger partial charge in [-0.15, -0.1) is 11.3 Å². The van der Waals surface area contributed by atoms with Crippen molar-refractivity contribution in [2.24, 2.45) is 0 Å². The number of aromatic nitrogens is 1. The molecule has 3 aliphatic rings. The molecule has 89 heavy (non-hydrogen) atoms. The van der Waals surface area contributed by atoms with Crippen LogP contribution in [0.3, 0.4) is 0 Å². The molecule has 16 rings (SSSR count). The molecule has 0 bridgehead atoms. The summed E-state index contributed by atoms with van der Waals surface area (Å²) in [5, 5.41) is -1.39. The van der Waals surface area contributed by atoms with Gasteiger partial charge in [0.2, 0.25) is 0 Å². The van der Waals surface area contributed by atoms with Gasteiger partial charge in [-0.3, -0.25) is 0 Å². The molecular formula is C82H74BN5S. The summed E-state index contributed by atoms with van der Waals surface area (Å²) in [6.45, 7) is 16.8. The van der Waals surface area contributed by atoms with Crippen LogP contribution in [-0.4, -0.2) is 11.3 Å². The summed E-state index contributed by atoms with van der Waals surface area (Å²) in [6, 6.07) is -38.0. The molecule has 5 heterocycles. The first-order valence-electron chi connectivity index (χ1n) is 47.6. The third-order valence-corrected chi connectivity index (χ3v) is 17.0. The van der Waals surface area contributed by atoms with E-state index in [1.807, 2.05) is 0 Å². The van der Waals surface area contributed by atoms with Gasteiger partial charge in [0.1, 0.15) is 0 Å². The number of nitrogens with zero attached hydrogens (tertiary/aromatic N) is 5. The zero-order chi connectivity index (χ0) is 94.3. The normalized spacial score (nSPS) is 19.5. The SMILES string of the molecule is [2H]c1c([2H])c([2H])c(N(c2c([2H])c([2H])c([2H])c([2H])c2[2H])c2c([2H])c3c4c(c2[2H])N2c5c(c([2H])c([2H])c([2H])c5-n5c6c([2H])c([2H])c(C(C)(C)C)c([2H])c6c6c([2H])c(C(C)(C)C)c([2H])c2c65)B4c2c([2H])c([2H])c(N(c4c([2H])c([2H])c(C(C)(C)C)c([2H])c4[2H])c4c([2H])c([2H])c(C(C)(C)C)c([2H])c4[2H])c([2H])c2N3c2c([2H])c([2H])c3c(sc4c([2H])c([2H])c([2H])c([2H])c43)c2[2H])c([2H])c1[2H]. The summed E-state index contributed by atoms with van der Waals surface area (Å²) >= 11 is 0.476. The second-order valence-corrected chi connectivity index (χ2v) is 27.1. The zero-order valence-corrected chi connectivity index (χ0v) is 51.0. The second-order valence-electron chi connectivity index (χ2n) is 26.1. The summed E-state index contributed by atoms with van der Waals surface area (Å²) in [5.74, 6) is 0. The average molecular weight is 1210 g/mol. The number of hydrogen-bond donors (Lipinski definition) is 0. The van der Waals surface area contributed by atoms with Crippen molar-refractivity contribution in [2.45, 2.75) is 105 Å². The van der Waals surface area contributed by atoms with Gasteiger partial charge in [-0.1, -0.05) is 192 Å². The molecule has 436 valence electrons. The predicted molar refractivity (Wildman–Crippen MR) is 385 cm³/mol. The van der Waals surface area contributed by atoms with Crippen molar-refractivity contribution >= 4 is 145 Å². The maximum atomic E-state index is 11.6. The van der Waals surface area contributed by atoms with E-state index in [0.717, 1.165) is 9.47 Å². The largest absolute Gasteiger partial charge is 0.311 e. The summed E-state index contributed by atoms with van der Waals surface area (Å²) in [5.41, 5.74) is -21.4. The molecule has 0 aliphatic carbocycles. The standard InChI is InChI=1S/C82H74BN5S/c1-79(2,3)51-30-35-57(36-31-51)84(58-37-32-52(33-38-58)80(4,5)6)59-40-42-66-70(47-59)86(60-39-41-63-62-26-19-20-29-74(62)89-75(63)50-60)71-48-61(85(55-22-15-13-16-23-55)56-24-17-14-18-25-56)49-72-76(71)83(66)67-27-21-28-69-78(67)88(72)73-46-54(82(10,11)12)45-65-64-44-53(81(7,8)9)34-43-68(64)87(69)77(65)73/h13-50H,1-12H3/i13D,14D,15D,16D,17D,18D,19D,20D,21D,22D,23D,24D,25D,26D,27D,28D,29D,30D,31D,32D,33D,34D,35D,36D,37D,38D,39D,40D,41D,42D,43D,44D,45D,46D,47D,48D,49D,50D. The maximum Gasteiger partial charge on any atom is 0.252 e. The number of fused-ring (bicyclic) bond motifs is 12. The number of anilines is 12. The third-order valence-electron chi connectivity index (χ3n) is 15.9. The van der Waals surface area contributed by atoms with Crippen molar-refractivity contribution in [3.05, 3.63) is 252 Å². The molecule has 2 aromatic heterocycles. The monoisotopic (exact) mass is 1210 g/mol. The zero-order valence-electron chi connectivity index (χ0n) is 88.2. The second kappa shape index (κ2) is 19.6. The molecule has 11 aromatic carbocycles. The minimum Gasteiger partial charge on any atom is -0.311 e. The number of thiophene rings is 1. The van der Waals surface area contributed by atoms with Crippen LogP contribution in [-0.2, 0) is 21.7 Å². The Balaban J connectivity index is 1.26. The lowest BCUT2D eigenvalue weighted by atomic mass is 9.33. The highest BCUT2D eigenvalue weighted by Gasteiger charge is 2.47. The molecule has 3 aliphatic heterocycles. The van der Waals surface area contributed by atoms with Crippen LogP contribution in [0, 0.1) is 0 Å². The first-order chi connectivity index (χ1) is 58.6. The molecule has 0 unspecified atom stereocenters. The molecule has 5 nitrogen and oxygen atoms in total. The van der Waals surface area contributed by atoms with E-state index in [1.165, 1.54) is 0 Å². The molecule has 0 amide bonds. The van der Waals surface area contributed by atoms with Crippen LogP contribution in [0.15, 0.2) is 230 Å². The number of rotatable bonds is 7. The summed E-state index contributed by atoms with van der Waals surface area (Å²) < 4.78 is 383. The Bertz CT molecular complexity index is 7130. The molecule has 0 fully saturated rings. The van der Waals surface area contributed by atoms with Gasteiger partial charge in [0, 0.05) is 82.1 Å². The predicted octanol–water partition coefficient (Wildman–Crippen LogP) is 21.7. The average Bonchev–Trinajstić information content (AvgIpc) is 1.63. The Labute approximate surface area is 582 Å². The van der Waals surface area contributed by atoms with Crippen LogP contribution in [0.25, 0.3) is 47.7 Å². The van der Waals surface area contributed by atoms with E-state index in [9.17, 15) is 46.6 Å². The first kappa shape index (κ1) is 28.0. The number of para-hydroxylation sites is 3. The van der Waals surface area contributed by atoms with Crippen molar-refractivity contribution < 1.29 is 52.1 Å². The van der Waals surface area contributed by atoms with Gasteiger partial charge in [0.05, 0.1) is 85.9 Å². The van der Waals surface area contributed by atoms with Crippen LogP contribution in [0.4, 0.5) is 68.2 Å². The van der Waals surface area contributed by atoms with Gasteiger partial charge in [-0.2, -0.15) is 0 Å². The van der Waals surface area contributed by atoms with Crippen LogP contribution in [0.2, 0.25) is 0 Å². The molecule has 0 atom stereocenters. The lowest BCUT2D eigenvalue weighted by molar-refractivity contribution is 0.590. The lowest BCUT2D eigenvalue weighted by Crippen LogP contribution is -2.61. The third kappa shape index (κ3) is 8.70. The lowest BCUT2D eigenvalue weighted by Gasteiger charge is -2.47. The van der Waals surface area contributed by atoms with Crippen LogP contribution in [0.5, 0.6) is 0 Å². The minimum atomic E-state index is -2.39. The highest BCUT2D eigenvalue weighted by Crippen LogP contribution is 2.56. The van der Waals surface area contributed by atoms with E-state index in [-0.39, 0.29) is 43.2 Å². The highest BCUT2D eigenvalue weighted by atomic mass is 32.1. The Morgan fingerprint density at radius 3 is 1.51 bits per heavy atom. The Morgan fingerprint density at radius 1 is 0.348 bits per heavy atom. The summed E-state index contributed by atoms with van der Waals surface area (Å²) in [7, 11) is 0. The molecule has 0 N–H and O–H groups in total. The summed E-state index contributed by atoms with van der Waals surface area (Å²) in [4.78, 5) is 2.63. The minimum absolute atomic E-state index is 0.0419. The van der Waals surface area contributed by atoms with E-state index < -0.39 is 369 Å². The van der Waals surface area contributed by atoms with E-state index >= 15 is 0 Å². The van der Waals surface area contributed by atoms with E-state index in [2.05, 4.69) is 0 Å². The molecular weight excluding hydrogens is 1100 g/mol. The Kier molecular flexibility index (Phi) is 6.17. The number of benzene rings is 11. The fourth-order valence-electron chi connectivity index (χ4n) is 11.5. The van der Waals surface area contributed by atoms with Crippen molar-refractivity contribution in [3.63, 3.8) is 0 Å². The first-order valence-corrected chi connectivity index (χ1v) is 29.4. The van der Waals surface area contributed by atoms with E-state index in [1.54, 1.807) is 83.1 Å². The highest BCUT2D eigenvalue weighted by molar-refractivity contribution is 7.25. The van der Waals surface area contributed by atoms with Gasteiger partial charge in [0.15, 0.2) is 0 Å². The van der Waals surface area contributed by atoms with E-state index in [4.69, 9.17) is 5.48 Å². The van der Waals surface area contributed by atoms with Gasteiger partial charge in [-0.25, -0.2) is 0 Å². The van der Waals surface area contributed by atoms with Crippen molar-refractivity contribution in [2.75, 3.05) is 19.6 Å². The fourth-order valence-corrected chi connectivity index (χ4v) is 12.5. The van der Waals surface area contributed by atoms with Gasteiger partial charge in [-0.05, 0) is 181 Å². The number of hydrogen-bond acceptors (Lipinski definition) is 5. The fraction of sp³-hybridized carbons (Fsp3) is 0.195. The molecule has 0 saturated carbocycles. The molecule has 0 saturated heterocycles. The molecule has 13 aromatic rings. The molecule has 0 spiro atoms. The molecule has 7 heteroatoms. The summed E-state index contributed by atoms with van der Waals surface area (Å²) in [6.07, 6.45) is 0.